The lowest BCUT2D eigenvalue weighted by molar-refractivity contribution is 0.103. The molecule has 0 saturated carbocycles. The largest absolute Gasteiger partial charge is 0.396 e. The first-order valence-corrected chi connectivity index (χ1v) is 4.94. The number of halogens is 2. The Labute approximate surface area is 96.7 Å². The summed E-state index contributed by atoms with van der Waals surface area (Å²) in [5, 5.41) is 0. The van der Waals surface area contributed by atoms with Gasteiger partial charge in [-0.25, -0.2) is 8.78 Å². The Morgan fingerprint density at radius 1 is 1.00 bits per heavy atom. The number of rotatable bonds is 2. The molecule has 0 amide bonds. The summed E-state index contributed by atoms with van der Waals surface area (Å²) >= 11 is 0. The van der Waals surface area contributed by atoms with Gasteiger partial charge in [-0.2, -0.15) is 0 Å². The zero-order valence-corrected chi connectivity index (χ0v) is 8.78. The van der Waals surface area contributed by atoms with Crippen molar-refractivity contribution in [1.29, 1.82) is 0 Å². The van der Waals surface area contributed by atoms with E-state index >= 15 is 0 Å². The fourth-order valence-corrected chi connectivity index (χ4v) is 1.49. The van der Waals surface area contributed by atoms with Crippen LogP contribution in [0.4, 0.5) is 14.5 Å². The summed E-state index contributed by atoms with van der Waals surface area (Å²) < 4.78 is 25.9. The van der Waals surface area contributed by atoms with Crippen LogP contribution in [0.1, 0.15) is 15.9 Å². The highest BCUT2D eigenvalue weighted by molar-refractivity contribution is 6.12. The van der Waals surface area contributed by atoms with E-state index < -0.39 is 17.4 Å². The van der Waals surface area contributed by atoms with E-state index in [1.54, 1.807) is 0 Å². The fourth-order valence-electron chi connectivity index (χ4n) is 1.49. The van der Waals surface area contributed by atoms with E-state index in [-0.39, 0.29) is 16.8 Å². The van der Waals surface area contributed by atoms with Crippen LogP contribution in [0, 0.1) is 11.6 Å². The number of hydrogen-bond donors (Lipinski definition) is 1. The summed E-state index contributed by atoms with van der Waals surface area (Å²) in [5.74, 6) is -1.51. The number of hydrogen-bond acceptors (Lipinski definition) is 2. The molecule has 0 unspecified atom stereocenters. The van der Waals surface area contributed by atoms with Crippen LogP contribution in [0.2, 0.25) is 0 Å². The second-order valence-electron chi connectivity index (χ2n) is 3.54. The van der Waals surface area contributed by atoms with Gasteiger partial charge in [0.1, 0.15) is 11.6 Å². The third-order valence-corrected chi connectivity index (χ3v) is 2.40. The van der Waals surface area contributed by atoms with Gasteiger partial charge in [-0.3, -0.25) is 4.79 Å². The van der Waals surface area contributed by atoms with Gasteiger partial charge in [0.05, 0.1) is 5.69 Å². The molecule has 2 nitrogen and oxygen atoms in total. The van der Waals surface area contributed by atoms with E-state index in [2.05, 4.69) is 0 Å². The molecule has 4 heteroatoms. The van der Waals surface area contributed by atoms with Crippen molar-refractivity contribution in [2.75, 3.05) is 5.73 Å². The molecule has 0 fully saturated rings. The molecule has 0 bridgehead atoms. The van der Waals surface area contributed by atoms with Crippen molar-refractivity contribution in [2.24, 2.45) is 0 Å². The molecule has 86 valence electrons. The van der Waals surface area contributed by atoms with Crippen LogP contribution in [0.5, 0.6) is 0 Å². The van der Waals surface area contributed by atoms with E-state index in [0.717, 1.165) is 0 Å². The third kappa shape index (κ3) is 2.15. The van der Waals surface area contributed by atoms with Crippen molar-refractivity contribution in [3.63, 3.8) is 0 Å². The minimum absolute atomic E-state index is 0.0802. The molecule has 0 aliphatic rings. The Hall–Kier alpha value is -2.23. The number of benzene rings is 2. The summed E-state index contributed by atoms with van der Waals surface area (Å²) in [6.07, 6.45) is 0. The second kappa shape index (κ2) is 4.33. The number of nitrogen functional groups attached to an aromatic ring is 1. The molecule has 17 heavy (non-hydrogen) atoms. The molecular weight excluding hydrogens is 224 g/mol. The molecule has 0 spiro atoms. The highest BCUT2D eigenvalue weighted by atomic mass is 19.1. The smallest absolute Gasteiger partial charge is 0.195 e. The monoisotopic (exact) mass is 233 g/mol. The van der Waals surface area contributed by atoms with Crippen molar-refractivity contribution in [3.05, 3.63) is 65.2 Å². The van der Waals surface area contributed by atoms with Gasteiger partial charge in [-0.05, 0) is 36.4 Å². The summed E-state index contributed by atoms with van der Waals surface area (Å²) in [6, 6.07) is 9.03. The molecule has 0 atom stereocenters. The Bertz CT molecular complexity index is 564. The number of nitrogens with two attached hydrogens (primary N) is 1. The molecule has 0 saturated heterocycles. The van der Waals surface area contributed by atoms with E-state index in [1.807, 2.05) is 0 Å². The maximum Gasteiger partial charge on any atom is 0.195 e. The van der Waals surface area contributed by atoms with Crippen LogP contribution < -0.4 is 5.73 Å². The zero-order valence-electron chi connectivity index (χ0n) is 8.78. The Balaban J connectivity index is 2.44. The van der Waals surface area contributed by atoms with Crippen LogP contribution in [0.3, 0.4) is 0 Å². The summed E-state index contributed by atoms with van der Waals surface area (Å²) in [7, 11) is 0. The van der Waals surface area contributed by atoms with Gasteiger partial charge in [0.15, 0.2) is 5.78 Å². The van der Waals surface area contributed by atoms with Crippen LogP contribution in [-0.4, -0.2) is 5.78 Å². The number of carbonyl (C=O) groups is 1. The van der Waals surface area contributed by atoms with Crippen LogP contribution in [-0.2, 0) is 0 Å². The van der Waals surface area contributed by atoms with E-state index in [0.29, 0.717) is 0 Å². The summed E-state index contributed by atoms with van der Waals surface area (Å²) in [6.45, 7) is 0. The van der Waals surface area contributed by atoms with Gasteiger partial charge in [0, 0.05) is 11.1 Å². The van der Waals surface area contributed by atoms with E-state index in [1.165, 1.54) is 42.5 Å². The molecule has 2 aromatic rings. The average molecular weight is 233 g/mol. The highest BCUT2D eigenvalue weighted by Crippen LogP contribution is 2.19. The Kier molecular flexibility index (Phi) is 2.87. The van der Waals surface area contributed by atoms with Crippen molar-refractivity contribution in [2.45, 2.75) is 0 Å². The maximum atomic E-state index is 13.2. The maximum absolute atomic E-state index is 13.2. The third-order valence-electron chi connectivity index (χ3n) is 2.40. The van der Waals surface area contributed by atoms with Crippen LogP contribution in [0.25, 0.3) is 0 Å². The predicted molar refractivity (Wildman–Crippen MR) is 60.6 cm³/mol. The molecule has 2 aromatic carbocycles. The molecule has 0 aliphatic carbocycles. The quantitative estimate of drug-likeness (QED) is 0.640. The lowest BCUT2D eigenvalue weighted by atomic mass is 10.0. The van der Waals surface area contributed by atoms with E-state index in [4.69, 9.17) is 5.73 Å². The van der Waals surface area contributed by atoms with Crippen LogP contribution >= 0.6 is 0 Å². The molecular formula is C13H9F2NO. The SMILES string of the molecule is Nc1c(F)cccc1C(=O)c1ccc(F)cc1. The van der Waals surface area contributed by atoms with E-state index in [9.17, 15) is 13.6 Å². The van der Waals surface area contributed by atoms with Crippen molar-refractivity contribution in [3.8, 4) is 0 Å². The molecule has 0 aromatic heterocycles. The first-order chi connectivity index (χ1) is 8.09. The van der Waals surface area contributed by atoms with Gasteiger partial charge in [-0.15, -0.1) is 0 Å². The molecule has 2 rings (SSSR count). The standard InChI is InChI=1S/C13H9F2NO/c14-9-6-4-8(5-7-9)13(17)10-2-1-3-11(15)12(10)16/h1-7H,16H2. The van der Waals surface area contributed by atoms with Gasteiger partial charge >= 0.3 is 0 Å². The topological polar surface area (TPSA) is 43.1 Å². The zero-order chi connectivity index (χ0) is 12.4. The van der Waals surface area contributed by atoms with Gasteiger partial charge in [0.25, 0.3) is 0 Å². The second-order valence-corrected chi connectivity index (χ2v) is 3.54. The van der Waals surface area contributed by atoms with Crippen LogP contribution in [0.15, 0.2) is 42.5 Å². The van der Waals surface area contributed by atoms with Crippen molar-refractivity contribution < 1.29 is 13.6 Å². The Morgan fingerprint density at radius 2 is 1.65 bits per heavy atom. The average Bonchev–Trinajstić information content (AvgIpc) is 2.33. The van der Waals surface area contributed by atoms with Crippen molar-refractivity contribution >= 4 is 11.5 Å². The summed E-state index contributed by atoms with van der Waals surface area (Å²) in [4.78, 5) is 12.0. The minimum Gasteiger partial charge on any atom is -0.396 e. The Morgan fingerprint density at radius 3 is 2.29 bits per heavy atom. The predicted octanol–water partition coefficient (Wildman–Crippen LogP) is 2.78. The number of para-hydroxylation sites is 1. The number of carbonyl (C=O) groups excluding carboxylic acids is 1. The lowest BCUT2D eigenvalue weighted by Gasteiger charge is -2.05. The number of ketones is 1. The normalized spacial score (nSPS) is 10.2. The van der Waals surface area contributed by atoms with Crippen molar-refractivity contribution in [1.82, 2.24) is 0 Å². The molecule has 0 aliphatic heterocycles. The highest BCUT2D eigenvalue weighted by Gasteiger charge is 2.14. The summed E-state index contributed by atoms with van der Waals surface area (Å²) in [5.41, 5.74) is 5.64. The number of anilines is 1. The first kappa shape index (κ1) is 11.3. The molecule has 0 heterocycles. The van der Waals surface area contributed by atoms with Gasteiger partial charge < -0.3 is 5.73 Å². The van der Waals surface area contributed by atoms with Gasteiger partial charge in [-0.1, -0.05) is 6.07 Å². The lowest BCUT2D eigenvalue weighted by Crippen LogP contribution is -2.06. The first-order valence-electron chi connectivity index (χ1n) is 4.94. The van der Waals surface area contributed by atoms with Gasteiger partial charge in [0.2, 0.25) is 0 Å². The molecule has 0 radical (unpaired) electrons. The molecule has 2 N–H and O–H groups in total. The fraction of sp³-hybridized carbons (Fsp3) is 0. The minimum atomic E-state index is -0.641.